The third kappa shape index (κ3) is 5.18. The fourth-order valence-corrected chi connectivity index (χ4v) is 6.91. The van der Waals surface area contributed by atoms with Crippen molar-refractivity contribution in [2.45, 2.75) is 42.5 Å². The van der Waals surface area contributed by atoms with E-state index in [0.717, 1.165) is 51.9 Å². The number of hydrogen-bond acceptors (Lipinski definition) is 6. The molecule has 0 bridgehead atoms. The zero-order valence-corrected chi connectivity index (χ0v) is 21.9. The molecule has 9 heteroatoms. The number of hydrogen-bond donors (Lipinski definition) is 2. The zero-order valence-electron chi connectivity index (χ0n) is 20.3. The van der Waals surface area contributed by atoms with Gasteiger partial charge in [0.05, 0.1) is 21.8 Å². The van der Waals surface area contributed by atoms with E-state index in [1.54, 1.807) is 22.8 Å². The standard InChI is InChI=1S/C27H32ClN5O2S/c28-19-6-3-7-20(16-19)33-24(34)21-8-1-2-9-22(21)31-26(33)36-23(10-13-29)25(35)32-15-5-12-27(18-32)11-4-14-30-17-27/h1-3,6-9,16,23,30H,4-5,10-15,17-18,29H2. The van der Waals surface area contributed by atoms with Crippen LogP contribution in [0.3, 0.4) is 0 Å². The van der Waals surface area contributed by atoms with Crippen molar-refractivity contribution in [1.29, 1.82) is 0 Å². The number of aromatic nitrogens is 2. The van der Waals surface area contributed by atoms with Gasteiger partial charge in [-0.15, -0.1) is 0 Å². The molecule has 2 atom stereocenters. The Morgan fingerprint density at radius 3 is 2.81 bits per heavy atom. The molecular weight excluding hydrogens is 494 g/mol. The Bertz CT molecular complexity index is 1300. The minimum atomic E-state index is -0.430. The highest BCUT2D eigenvalue weighted by Crippen LogP contribution is 2.37. The number of carbonyl (C=O) groups is 1. The maximum atomic E-state index is 13.9. The van der Waals surface area contributed by atoms with Gasteiger partial charge in [-0.05, 0) is 75.5 Å². The number of carbonyl (C=O) groups excluding carboxylic acids is 1. The fraction of sp³-hybridized carbons (Fsp3) is 0.444. The van der Waals surface area contributed by atoms with Crippen LogP contribution in [0.2, 0.25) is 5.02 Å². The molecule has 5 rings (SSSR count). The lowest BCUT2D eigenvalue weighted by Gasteiger charge is -2.46. The summed E-state index contributed by atoms with van der Waals surface area (Å²) in [6.07, 6.45) is 4.96. The van der Waals surface area contributed by atoms with Crippen LogP contribution in [-0.2, 0) is 4.79 Å². The van der Waals surface area contributed by atoms with Gasteiger partial charge in [0, 0.05) is 30.1 Å². The molecule has 1 spiro atoms. The van der Waals surface area contributed by atoms with Gasteiger partial charge >= 0.3 is 0 Å². The number of nitrogens with zero attached hydrogens (tertiary/aromatic N) is 3. The molecule has 2 aliphatic rings. The molecule has 7 nitrogen and oxygen atoms in total. The fourth-order valence-electron chi connectivity index (χ4n) is 5.52. The summed E-state index contributed by atoms with van der Waals surface area (Å²) < 4.78 is 1.57. The van der Waals surface area contributed by atoms with Gasteiger partial charge in [-0.3, -0.25) is 14.2 Å². The van der Waals surface area contributed by atoms with Gasteiger partial charge in [0.25, 0.3) is 5.56 Å². The second-order valence-corrected chi connectivity index (χ2v) is 11.5. The Kier molecular flexibility index (Phi) is 7.67. The zero-order chi connectivity index (χ0) is 25.1. The first-order chi connectivity index (χ1) is 17.5. The summed E-state index contributed by atoms with van der Waals surface area (Å²) in [5, 5.41) is 4.62. The van der Waals surface area contributed by atoms with E-state index < -0.39 is 5.25 Å². The Morgan fingerprint density at radius 1 is 1.19 bits per heavy atom. The number of nitrogens with one attached hydrogen (secondary N) is 1. The van der Waals surface area contributed by atoms with E-state index in [0.29, 0.717) is 39.7 Å². The SMILES string of the molecule is NCCC(Sc1nc2ccccc2c(=O)n1-c1cccc(Cl)c1)C(=O)N1CCCC2(CCCNC2)C1. The highest BCUT2D eigenvalue weighted by Gasteiger charge is 2.39. The number of thioether (sulfide) groups is 1. The summed E-state index contributed by atoms with van der Waals surface area (Å²) in [5.74, 6) is 0.0788. The largest absolute Gasteiger partial charge is 0.341 e. The Morgan fingerprint density at radius 2 is 2.03 bits per heavy atom. The quantitative estimate of drug-likeness (QED) is 0.375. The molecule has 190 valence electrons. The maximum Gasteiger partial charge on any atom is 0.266 e. The molecule has 3 heterocycles. The van der Waals surface area contributed by atoms with Crippen molar-refractivity contribution in [3.05, 3.63) is 63.9 Å². The number of benzene rings is 2. The number of amides is 1. The predicted octanol–water partition coefficient (Wildman–Crippen LogP) is 3.84. The monoisotopic (exact) mass is 525 g/mol. The second kappa shape index (κ2) is 10.9. The smallest absolute Gasteiger partial charge is 0.266 e. The minimum Gasteiger partial charge on any atom is -0.341 e. The summed E-state index contributed by atoms with van der Waals surface area (Å²) in [7, 11) is 0. The van der Waals surface area contributed by atoms with Crippen LogP contribution in [0.15, 0.2) is 58.5 Å². The van der Waals surface area contributed by atoms with Crippen LogP contribution in [-0.4, -0.2) is 58.3 Å². The van der Waals surface area contributed by atoms with Crippen LogP contribution >= 0.6 is 23.4 Å². The topological polar surface area (TPSA) is 93.2 Å². The molecule has 36 heavy (non-hydrogen) atoms. The van der Waals surface area contributed by atoms with E-state index in [1.165, 1.54) is 11.8 Å². The molecule has 2 aliphatic heterocycles. The first-order valence-electron chi connectivity index (χ1n) is 12.6. The normalized spacial score (nSPS) is 21.1. The van der Waals surface area contributed by atoms with E-state index in [9.17, 15) is 9.59 Å². The highest BCUT2D eigenvalue weighted by molar-refractivity contribution is 8.00. The summed E-state index contributed by atoms with van der Waals surface area (Å²) in [6, 6.07) is 14.4. The molecule has 3 N–H and O–H groups in total. The van der Waals surface area contributed by atoms with Gasteiger partial charge in [0.1, 0.15) is 0 Å². The maximum absolute atomic E-state index is 13.9. The van der Waals surface area contributed by atoms with Gasteiger partial charge in [-0.2, -0.15) is 0 Å². The summed E-state index contributed by atoms with van der Waals surface area (Å²) in [5.41, 5.74) is 7.18. The predicted molar refractivity (Wildman–Crippen MR) is 146 cm³/mol. The van der Waals surface area contributed by atoms with E-state index in [4.69, 9.17) is 22.3 Å². The highest BCUT2D eigenvalue weighted by atomic mass is 35.5. The van der Waals surface area contributed by atoms with E-state index in [1.807, 2.05) is 35.2 Å². The number of rotatable bonds is 6. The number of fused-ring (bicyclic) bond motifs is 1. The van der Waals surface area contributed by atoms with E-state index >= 15 is 0 Å². The average Bonchev–Trinajstić information content (AvgIpc) is 2.89. The summed E-state index contributed by atoms with van der Waals surface area (Å²) >= 11 is 7.60. The average molecular weight is 526 g/mol. The minimum absolute atomic E-state index is 0.0788. The molecule has 3 aromatic rings. The molecule has 2 fully saturated rings. The first-order valence-corrected chi connectivity index (χ1v) is 13.9. The van der Waals surface area contributed by atoms with Crippen LogP contribution in [0.25, 0.3) is 16.6 Å². The Hall–Kier alpha value is -2.39. The lowest BCUT2D eigenvalue weighted by atomic mass is 9.74. The molecule has 0 saturated carbocycles. The molecule has 1 amide bonds. The van der Waals surface area contributed by atoms with Crippen molar-refractivity contribution in [2.75, 3.05) is 32.7 Å². The van der Waals surface area contributed by atoms with Gasteiger partial charge in [-0.1, -0.05) is 41.6 Å². The summed E-state index contributed by atoms with van der Waals surface area (Å²) in [6.45, 7) is 3.92. The van der Waals surface area contributed by atoms with Crippen molar-refractivity contribution in [2.24, 2.45) is 11.1 Å². The van der Waals surface area contributed by atoms with Crippen LogP contribution in [0, 0.1) is 5.41 Å². The molecular formula is C27H32ClN5O2S. The van der Waals surface area contributed by atoms with Crippen molar-refractivity contribution in [3.63, 3.8) is 0 Å². The van der Waals surface area contributed by atoms with Gasteiger partial charge < -0.3 is 16.0 Å². The molecule has 2 saturated heterocycles. The van der Waals surface area contributed by atoms with E-state index in [-0.39, 0.29) is 16.9 Å². The van der Waals surface area contributed by atoms with Crippen molar-refractivity contribution in [1.82, 2.24) is 19.8 Å². The molecule has 2 unspecified atom stereocenters. The Balaban J connectivity index is 1.51. The third-order valence-corrected chi connectivity index (χ3v) is 8.74. The molecule has 2 aromatic carbocycles. The van der Waals surface area contributed by atoms with Crippen molar-refractivity contribution >= 4 is 40.2 Å². The van der Waals surface area contributed by atoms with Crippen molar-refractivity contribution < 1.29 is 4.79 Å². The summed E-state index contributed by atoms with van der Waals surface area (Å²) in [4.78, 5) is 34.3. The van der Waals surface area contributed by atoms with Crippen LogP contribution in [0.5, 0.6) is 0 Å². The number of piperidine rings is 2. The second-order valence-electron chi connectivity index (χ2n) is 9.86. The number of halogens is 1. The first kappa shape index (κ1) is 25.3. The number of para-hydroxylation sites is 1. The van der Waals surface area contributed by atoms with Gasteiger partial charge in [0.2, 0.25) is 5.91 Å². The molecule has 0 aliphatic carbocycles. The number of likely N-dealkylation sites (tertiary alicyclic amines) is 1. The lowest BCUT2D eigenvalue weighted by Crippen LogP contribution is -2.54. The third-order valence-electron chi connectivity index (χ3n) is 7.30. The van der Waals surface area contributed by atoms with Crippen molar-refractivity contribution in [3.8, 4) is 5.69 Å². The van der Waals surface area contributed by atoms with Crippen LogP contribution in [0.4, 0.5) is 0 Å². The van der Waals surface area contributed by atoms with Gasteiger partial charge in [0.15, 0.2) is 5.16 Å². The Labute approximate surface area is 220 Å². The molecule has 1 aromatic heterocycles. The van der Waals surface area contributed by atoms with Crippen LogP contribution in [0.1, 0.15) is 32.1 Å². The van der Waals surface area contributed by atoms with Crippen LogP contribution < -0.4 is 16.6 Å². The van der Waals surface area contributed by atoms with E-state index in [2.05, 4.69) is 5.32 Å². The molecule has 0 radical (unpaired) electrons. The van der Waals surface area contributed by atoms with Gasteiger partial charge in [-0.25, -0.2) is 4.98 Å². The number of nitrogens with two attached hydrogens (primary N) is 1. The lowest BCUT2D eigenvalue weighted by molar-refractivity contribution is -0.134.